The van der Waals surface area contributed by atoms with E-state index in [2.05, 4.69) is 0 Å². The summed E-state index contributed by atoms with van der Waals surface area (Å²) in [6.07, 6.45) is 0. The number of hydrogen-bond donors (Lipinski definition) is 4. The molecular weight excluding hydrogens is 219 g/mol. The summed E-state index contributed by atoms with van der Waals surface area (Å²) < 4.78 is 22.8. The molecule has 0 aliphatic rings. The number of aromatic carboxylic acids is 1. The average molecular weight is 228 g/mol. The zero-order valence-corrected chi connectivity index (χ0v) is 7.64. The summed E-state index contributed by atoms with van der Waals surface area (Å²) in [6.45, 7) is 0. The maximum absolute atomic E-state index is 10.3. The van der Waals surface area contributed by atoms with Gasteiger partial charge in [-0.05, 0) is 12.1 Å². The predicted molar refractivity (Wildman–Crippen MR) is 55.6 cm³/mol. The topological polar surface area (TPSA) is 115 Å². The van der Waals surface area contributed by atoms with Crippen LogP contribution in [0.15, 0.2) is 24.3 Å². The number of carboxylic acid groups (broad SMARTS) is 1. The summed E-state index contributed by atoms with van der Waals surface area (Å²) in [6, 6.07) is 5.81. The van der Waals surface area contributed by atoms with Gasteiger partial charge in [-0.3, -0.25) is 9.11 Å². The molecule has 0 radical (unpaired) electrons. The Morgan fingerprint density at radius 2 is 1.60 bits per heavy atom. The molecule has 0 heterocycles. The van der Waals surface area contributed by atoms with Gasteiger partial charge in [0.05, 0.1) is 0 Å². The van der Waals surface area contributed by atoms with E-state index in [4.69, 9.17) is 23.5 Å². The molecule has 0 saturated heterocycles. The van der Waals surface area contributed by atoms with Gasteiger partial charge < -0.3 is 10.2 Å². The van der Waals surface area contributed by atoms with Gasteiger partial charge in [-0.2, -0.15) is 4.21 Å². The number of phenols is 1. The zero-order chi connectivity index (χ0) is 11.1. The SMILES string of the molecule is O=C(O)c1ccccc1O.O=S(O)O.[LiH]. The molecule has 0 spiro atoms. The molecule has 0 amide bonds. The van der Waals surface area contributed by atoms with Crippen molar-refractivity contribution < 1.29 is 28.3 Å². The van der Waals surface area contributed by atoms with Gasteiger partial charge in [0.2, 0.25) is 0 Å². The third-order valence-corrected chi connectivity index (χ3v) is 1.13. The first kappa shape index (κ1) is 16.6. The van der Waals surface area contributed by atoms with Crippen LogP contribution in [0.25, 0.3) is 0 Å². The summed E-state index contributed by atoms with van der Waals surface area (Å²) in [5.74, 6) is -1.31. The number of rotatable bonds is 1. The van der Waals surface area contributed by atoms with Crippen LogP contribution in [0.3, 0.4) is 0 Å². The van der Waals surface area contributed by atoms with Crippen molar-refractivity contribution in [1.82, 2.24) is 0 Å². The van der Waals surface area contributed by atoms with Crippen LogP contribution in [-0.2, 0) is 11.4 Å². The first-order valence-electron chi connectivity index (χ1n) is 3.26. The van der Waals surface area contributed by atoms with Gasteiger partial charge in [0.1, 0.15) is 11.3 Å². The second-order valence-corrected chi connectivity index (χ2v) is 2.51. The van der Waals surface area contributed by atoms with Crippen LogP contribution in [0, 0.1) is 0 Å². The Kier molecular flexibility index (Phi) is 9.36. The molecule has 0 saturated carbocycles. The number of aromatic hydroxyl groups is 1. The average Bonchev–Trinajstić information content (AvgIpc) is 2.03. The third-order valence-electron chi connectivity index (χ3n) is 1.13. The van der Waals surface area contributed by atoms with Crippen LogP contribution in [0.1, 0.15) is 10.4 Å². The Balaban J connectivity index is 0. The fourth-order valence-electron chi connectivity index (χ4n) is 0.654. The van der Waals surface area contributed by atoms with Crippen molar-refractivity contribution in [2.75, 3.05) is 0 Å². The van der Waals surface area contributed by atoms with Crippen LogP contribution >= 0.6 is 0 Å². The van der Waals surface area contributed by atoms with Crippen molar-refractivity contribution >= 4 is 36.2 Å². The quantitative estimate of drug-likeness (QED) is 0.401. The molecule has 0 bridgehead atoms. The predicted octanol–water partition coefficient (Wildman–Crippen LogP) is 0.123. The van der Waals surface area contributed by atoms with E-state index >= 15 is 0 Å². The third kappa shape index (κ3) is 8.17. The van der Waals surface area contributed by atoms with Crippen LogP contribution in [0.4, 0.5) is 0 Å². The van der Waals surface area contributed by atoms with Crippen LogP contribution < -0.4 is 0 Å². The van der Waals surface area contributed by atoms with Gasteiger partial charge in [-0.1, -0.05) is 12.1 Å². The standard InChI is InChI=1S/C7H6O3.Li.H2O3S.H/c8-6-4-2-1-3-5(6)7(9)10;;1-4(2)3;/h1-4,8H,(H,9,10);;(H2,1,2,3);. The van der Waals surface area contributed by atoms with E-state index in [0.29, 0.717) is 0 Å². The van der Waals surface area contributed by atoms with Crippen molar-refractivity contribution in [3.8, 4) is 5.75 Å². The Morgan fingerprint density at radius 1 is 1.20 bits per heavy atom. The second-order valence-electron chi connectivity index (χ2n) is 2.05. The van der Waals surface area contributed by atoms with E-state index in [1.807, 2.05) is 0 Å². The molecule has 0 unspecified atom stereocenters. The van der Waals surface area contributed by atoms with Crippen LogP contribution in [0.2, 0.25) is 0 Å². The monoisotopic (exact) mass is 228 g/mol. The minimum atomic E-state index is -2.61. The second kappa shape index (κ2) is 8.46. The fraction of sp³-hybridized carbons (Fsp3) is 0. The van der Waals surface area contributed by atoms with Gasteiger partial charge in [0.25, 0.3) is 11.4 Å². The molecule has 0 fully saturated rings. The molecule has 1 rings (SSSR count). The summed E-state index contributed by atoms with van der Waals surface area (Å²) in [4.78, 5) is 10.3. The summed E-state index contributed by atoms with van der Waals surface area (Å²) in [5, 5.41) is 17.3. The van der Waals surface area contributed by atoms with Crippen LogP contribution in [0.5, 0.6) is 5.75 Å². The number of carboxylic acids is 1. The molecule has 0 aliphatic heterocycles. The van der Waals surface area contributed by atoms with E-state index in [9.17, 15) is 4.79 Å². The molecule has 1 aromatic rings. The van der Waals surface area contributed by atoms with Crippen molar-refractivity contribution in [2.24, 2.45) is 0 Å². The molecule has 0 aromatic heterocycles. The molecule has 6 nitrogen and oxygen atoms in total. The molecule has 0 atom stereocenters. The van der Waals surface area contributed by atoms with Crippen molar-refractivity contribution in [1.29, 1.82) is 0 Å². The minimum absolute atomic E-state index is 0. The Morgan fingerprint density at radius 3 is 1.87 bits per heavy atom. The molecule has 80 valence electrons. The van der Waals surface area contributed by atoms with Gasteiger partial charge in [0.15, 0.2) is 0 Å². The van der Waals surface area contributed by atoms with E-state index in [1.165, 1.54) is 12.1 Å². The van der Waals surface area contributed by atoms with Crippen molar-refractivity contribution in [3.63, 3.8) is 0 Å². The van der Waals surface area contributed by atoms with Gasteiger partial charge in [-0.25, -0.2) is 4.79 Å². The van der Waals surface area contributed by atoms with E-state index < -0.39 is 17.3 Å². The summed E-state index contributed by atoms with van der Waals surface area (Å²) in [7, 11) is 0. The molecule has 15 heavy (non-hydrogen) atoms. The molecular formula is C7H9LiO6S. The van der Waals surface area contributed by atoms with E-state index in [-0.39, 0.29) is 30.2 Å². The van der Waals surface area contributed by atoms with E-state index in [0.717, 1.165) is 0 Å². The number of para-hydroxylation sites is 1. The van der Waals surface area contributed by atoms with Gasteiger partial charge >= 0.3 is 24.8 Å². The fourth-order valence-corrected chi connectivity index (χ4v) is 0.654. The Hall–Kier alpha value is -0.843. The normalized spacial score (nSPS) is 8.47. The van der Waals surface area contributed by atoms with Gasteiger partial charge in [-0.15, -0.1) is 0 Å². The molecule has 0 aliphatic carbocycles. The first-order valence-corrected chi connectivity index (χ1v) is 4.32. The maximum atomic E-state index is 10.3. The molecule has 1 aromatic carbocycles. The number of carbonyl (C=O) groups is 1. The number of benzene rings is 1. The summed E-state index contributed by atoms with van der Waals surface area (Å²) in [5.41, 5.74) is -0.0671. The summed E-state index contributed by atoms with van der Waals surface area (Å²) >= 11 is -2.61. The van der Waals surface area contributed by atoms with Crippen molar-refractivity contribution in [2.45, 2.75) is 0 Å². The Labute approximate surface area is 100 Å². The van der Waals surface area contributed by atoms with Gasteiger partial charge in [0, 0.05) is 0 Å². The molecule has 8 heteroatoms. The number of hydrogen-bond acceptors (Lipinski definition) is 3. The first-order chi connectivity index (χ1) is 6.45. The van der Waals surface area contributed by atoms with E-state index in [1.54, 1.807) is 12.1 Å². The van der Waals surface area contributed by atoms with Crippen LogP contribution in [-0.4, -0.2) is 48.4 Å². The molecule has 4 N–H and O–H groups in total. The Bertz CT molecular complexity index is 338. The van der Waals surface area contributed by atoms with Crippen molar-refractivity contribution in [3.05, 3.63) is 29.8 Å². The zero-order valence-electron chi connectivity index (χ0n) is 6.82.